The van der Waals surface area contributed by atoms with Gasteiger partial charge in [-0.3, -0.25) is 9.59 Å². The highest BCUT2D eigenvalue weighted by atomic mass is 35.5. The number of halogens is 2. The van der Waals surface area contributed by atoms with Gasteiger partial charge in [0.2, 0.25) is 5.91 Å². The summed E-state index contributed by atoms with van der Waals surface area (Å²) in [7, 11) is 0. The number of anilines is 1. The number of quaternary nitrogens is 1. The second-order valence-electron chi connectivity index (χ2n) is 5.76. The van der Waals surface area contributed by atoms with Gasteiger partial charge in [0.1, 0.15) is 5.82 Å². The van der Waals surface area contributed by atoms with E-state index in [1.807, 2.05) is 29.6 Å². The van der Waals surface area contributed by atoms with Crippen molar-refractivity contribution in [3.63, 3.8) is 0 Å². The Morgan fingerprint density at radius 3 is 2.42 bits per heavy atom. The van der Waals surface area contributed by atoms with E-state index in [-0.39, 0.29) is 18.2 Å². The maximum Gasteiger partial charge on any atom is 0.292 e. The number of benzene rings is 2. The average Bonchev–Trinajstić information content (AvgIpc) is 2.85. The molecule has 0 spiro atoms. The lowest BCUT2D eigenvalue weighted by molar-refractivity contribution is -0.674. The fourth-order valence-electron chi connectivity index (χ4n) is 2.80. The number of imide groups is 1. The minimum atomic E-state index is -0.421. The summed E-state index contributed by atoms with van der Waals surface area (Å²) in [6, 6.07) is 12.5. The van der Waals surface area contributed by atoms with E-state index in [1.165, 1.54) is 24.3 Å². The Balaban J connectivity index is 1.59. The fourth-order valence-corrected chi connectivity index (χ4v) is 2.93. The number of amides is 2. The molecule has 2 amide bonds. The highest BCUT2D eigenvalue weighted by molar-refractivity contribution is 6.30. The van der Waals surface area contributed by atoms with Crippen molar-refractivity contribution in [1.29, 1.82) is 0 Å². The number of hydrogen-bond donors (Lipinski definition) is 1. The first-order valence-electron chi connectivity index (χ1n) is 7.75. The molecule has 0 aromatic heterocycles. The van der Waals surface area contributed by atoms with Crippen LogP contribution in [-0.4, -0.2) is 24.4 Å². The molecule has 2 aromatic carbocycles. The normalized spacial score (nSPS) is 17.6. The Morgan fingerprint density at radius 1 is 1.08 bits per heavy atom. The predicted molar refractivity (Wildman–Crippen MR) is 89.2 cm³/mol. The van der Waals surface area contributed by atoms with Crippen molar-refractivity contribution in [3.8, 4) is 0 Å². The molecule has 0 aliphatic carbocycles. The molecule has 1 fully saturated rings. The molecule has 24 heavy (non-hydrogen) atoms. The zero-order chi connectivity index (χ0) is 17.1. The van der Waals surface area contributed by atoms with E-state index in [9.17, 15) is 14.0 Å². The molecule has 124 valence electrons. The van der Waals surface area contributed by atoms with E-state index in [2.05, 4.69) is 0 Å². The summed E-state index contributed by atoms with van der Waals surface area (Å²) < 4.78 is 13.0. The number of nitrogens with two attached hydrogens (primary N) is 1. The van der Waals surface area contributed by atoms with Crippen LogP contribution >= 0.6 is 11.6 Å². The van der Waals surface area contributed by atoms with Crippen molar-refractivity contribution in [2.24, 2.45) is 0 Å². The molecule has 0 radical (unpaired) electrons. The van der Waals surface area contributed by atoms with Crippen LogP contribution in [0.15, 0.2) is 48.5 Å². The van der Waals surface area contributed by atoms with E-state index < -0.39 is 11.9 Å². The van der Waals surface area contributed by atoms with Crippen molar-refractivity contribution < 1.29 is 19.3 Å². The molecule has 1 aliphatic rings. The molecule has 0 bridgehead atoms. The SMILES string of the molecule is O=C1CC([NH2+]CCc2ccc(Cl)cc2)C(=O)N1c1ccc(F)cc1. The van der Waals surface area contributed by atoms with E-state index in [0.717, 1.165) is 16.9 Å². The Labute approximate surface area is 144 Å². The van der Waals surface area contributed by atoms with Gasteiger partial charge >= 0.3 is 0 Å². The first-order chi connectivity index (χ1) is 11.5. The number of carbonyl (C=O) groups is 2. The molecule has 3 rings (SSSR count). The quantitative estimate of drug-likeness (QED) is 0.840. The lowest BCUT2D eigenvalue weighted by Gasteiger charge is -2.14. The van der Waals surface area contributed by atoms with Gasteiger partial charge < -0.3 is 5.32 Å². The van der Waals surface area contributed by atoms with Crippen molar-refractivity contribution in [1.82, 2.24) is 0 Å². The Morgan fingerprint density at radius 2 is 1.75 bits per heavy atom. The highest BCUT2D eigenvalue weighted by Gasteiger charge is 2.41. The van der Waals surface area contributed by atoms with Crippen LogP contribution < -0.4 is 10.2 Å². The van der Waals surface area contributed by atoms with Crippen LogP contribution in [0.5, 0.6) is 0 Å². The number of nitrogens with zero attached hydrogens (tertiary/aromatic N) is 1. The Hall–Kier alpha value is -2.24. The second-order valence-corrected chi connectivity index (χ2v) is 6.19. The van der Waals surface area contributed by atoms with Gasteiger partial charge in [-0.1, -0.05) is 23.7 Å². The van der Waals surface area contributed by atoms with Crippen molar-refractivity contribution in [2.45, 2.75) is 18.9 Å². The molecule has 4 nitrogen and oxygen atoms in total. The molecular formula is C18H17ClFN2O2+. The predicted octanol–water partition coefficient (Wildman–Crippen LogP) is 1.92. The van der Waals surface area contributed by atoms with Crippen molar-refractivity contribution in [2.75, 3.05) is 11.4 Å². The van der Waals surface area contributed by atoms with Gasteiger partial charge in [0.15, 0.2) is 6.04 Å². The lowest BCUT2D eigenvalue weighted by atomic mass is 10.1. The first kappa shape index (κ1) is 16.6. The number of rotatable bonds is 5. The van der Waals surface area contributed by atoms with Crippen LogP contribution in [0.2, 0.25) is 5.02 Å². The molecule has 1 heterocycles. The summed E-state index contributed by atoms with van der Waals surface area (Å²) in [5.41, 5.74) is 1.54. The van der Waals surface area contributed by atoms with Crippen LogP contribution in [0, 0.1) is 5.82 Å². The van der Waals surface area contributed by atoms with E-state index in [4.69, 9.17) is 11.6 Å². The summed E-state index contributed by atoms with van der Waals surface area (Å²) in [5.74, 6) is -0.897. The molecule has 1 atom stereocenters. The summed E-state index contributed by atoms with van der Waals surface area (Å²) in [6.07, 6.45) is 0.947. The Kier molecular flexibility index (Phi) is 4.92. The van der Waals surface area contributed by atoms with Crippen LogP contribution in [-0.2, 0) is 16.0 Å². The number of hydrogen-bond acceptors (Lipinski definition) is 2. The second kappa shape index (κ2) is 7.11. The van der Waals surface area contributed by atoms with Crippen LogP contribution in [0.4, 0.5) is 10.1 Å². The molecule has 6 heteroatoms. The van der Waals surface area contributed by atoms with Crippen LogP contribution in [0.1, 0.15) is 12.0 Å². The molecule has 2 aromatic rings. The third-order valence-electron chi connectivity index (χ3n) is 4.06. The van der Waals surface area contributed by atoms with Gasteiger partial charge in [-0.25, -0.2) is 9.29 Å². The third kappa shape index (κ3) is 3.63. The summed E-state index contributed by atoms with van der Waals surface area (Å²) in [4.78, 5) is 25.7. The molecular weight excluding hydrogens is 331 g/mol. The smallest absolute Gasteiger partial charge is 0.292 e. The molecule has 1 unspecified atom stereocenters. The zero-order valence-corrected chi connectivity index (χ0v) is 13.7. The fraction of sp³-hybridized carbons (Fsp3) is 0.222. The van der Waals surface area contributed by atoms with Crippen LogP contribution in [0.3, 0.4) is 0 Å². The maximum atomic E-state index is 13.0. The van der Waals surface area contributed by atoms with Gasteiger partial charge in [0, 0.05) is 11.4 Å². The first-order valence-corrected chi connectivity index (χ1v) is 8.12. The number of carbonyl (C=O) groups excluding carboxylic acids is 2. The highest BCUT2D eigenvalue weighted by Crippen LogP contribution is 2.21. The minimum Gasteiger partial charge on any atom is -0.335 e. The third-order valence-corrected chi connectivity index (χ3v) is 4.32. The van der Waals surface area contributed by atoms with E-state index in [0.29, 0.717) is 17.3 Å². The van der Waals surface area contributed by atoms with E-state index >= 15 is 0 Å². The zero-order valence-electron chi connectivity index (χ0n) is 12.9. The van der Waals surface area contributed by atoms with Gasteiger partial charge in [0.25, 0.3) is 5.91 Å². The van der Waals surface area contributed by atoms with Gasteiger partial charge in [-0.05, 0) is 42.0 Å². The minimum absolute atomic E-state index is 0.164. The maximum absolute atomic E-state index is 13.0. The molecule has 2 N–H and O–H groups in total. The summed E-state index contributed by atoms with van der Waals surface area (Å²) in [5, 5.41) is 2.58. The molecule has 1 saturated heterocycles. The molecule has 1 aliphatic heterocycles. The standard InChI is InChI=1S/C18H16ClFN2O2/c19-13-3-1-12(2-4-13)9-10-21-16-11-17(23)22(18(16)24)15-7-5-14(20)6-8-15/h1-8,16,21H,9-11H2/p+1. The van der Waals surface area contributed by atoms with Crippen LogP contribution in [0.25, 0.3) is 0 Å². The largest absolute Gasteiger partial charge is 0.335 e. The Bertz CT molecular complexity index is 747. The van der Waals surface area contributed by atoms with E-state index in [1.54, 1.807) is 0 Å². The van der Waals surface area contributed by atoms with Gasteiger partial charge in [-0.15, -0.1) is 0 Å². The van der Waals surface area contributed by atoms with Crippen molar-refractivity contribution in [3.05, 3.63) is 64.9 Å². The van der Waals surface area contributed by atoms with Crippen molar-refractivity contribution >= 4 is 29.1 Å². The summed E-state index contributed by atoms with van der Waals surface area (Å²) >= 11 is 5.85. The summed E-state index contributed by atoms with van der Waals surface area (Å²) in [6.45, 7) is 0.697. The topological polar surface area (TPSA) is 54.0 Å². The average molecular weight is 348 g/mol. The molecule has 0 saturated carbocycles. The lowest BCUT2D eigenvalue weighted by Crippen LogP contribution is -2.92. The monoisotopic (exact) mass is 347 g/mol. The van der Waals surface area contributed by atoms with Gasteiger partial charge in [-0.2, -0.15) is 0 Å². The van der Waals surface area contributed by atoms with Gasteiger partial charge in [0.05, 0.1) is 18.7 Å².